The first-order valence-corrected chi connectivity index (χ1v) is 7.22. The standard InChI is InChI=1S/C15H21N3O.2ClH/c19-15(17-10-14-3-1-2-6-16-14)9-11-7-12-4-5-13(8-11)18-12;;/h1-3,6,11-13,18H,4-5,7-10H2,(H,17,19);2*1H. The Morgan fingerprint density at radius 1 is 1.24 bits per heavy atom. The van der Waals surface area contributed by atoms with Gasteiger partial charge in [-0.3, -0.25) is 9.78 Å². The second-order valence-corrected chi connectivity index (χ2v) is 5.78. The topological polar surface area (TPSA) is 54.0 Å². The number of nitrogens with zero attached hydrogens (tertiary/aromatic N) is 1. The number of carbonyl (C=O) groups excluding carboxylic acids is 1. The van der Waals surface area contributed by atoms with Gasteiger partial charge in [0, 0.05) is 24.7 Å². The molecule has 4 nitrogen and oxygen atoms in total. The molecule has 2 aliphatic rings. The third kappa shape index (κ3) is 5.13. The Morgan fingerprint density at radius 3 is 2.57 bits per heavy atom. The highest BCUT2D eigenvalue weighted by atomic mass is 35.5. The fourth-order valence-corrected chi connectivity index (χ4v) is 3.37. The van der Waals surface area contributed by atoms with Crippen molar-refractivity contribution in [1.29, 1.82) is 0 Å². The zero-order chi connectivity index (χ0) is 13.1. The number of halogens is 2. The molecule has 0 spiro atoms. The molecule has 1 amide bonds. The van der Waals surface area contributed by atoms with E-state index < -0.39 is 0 Å². The van der Waals surface area contributed by atoms with Crippen molar-refractivity contribution in [2.45, 2.75) is 50.7 Å². The molecule has 1 aromatic heterocycles. The molecule has 2 saturated heterocycles. The van der Waals surface area contributed by atoms with Crippen LogP contribution in [0.15, 0.2) is 24.4 Å². The number of fused-ring (bicyclic) bond motifs is 2. The van der Waals surface area contributed by atoms with Crippen LogP contribution in [0.5, 0.6) is 0 Å². The lowest BCUT2D eigenvalue weighted by Gasteiger charge is -2.28. The SMILES string of the molecule is Cl.Cl.O=C(CC1CC2CCC(C1)N2)NCc1ccccn1. The van der Waals surface area contributed by atoms with E-state index in [4.69, 9.17) is 0 Å². The second kappa shape index (κ2) is 8.57. The van der Waals surface area contributed by atoms with Crippen molar-refractivity contribution in [2.24, 2.45) is 5.92 Å². The largest absolute Gasteiger partial charge is 0.350 e. The molecule has 2 fully saturated rings. The Balaban J connectivity index is 0.00000110. The molecule has 2 bridgehead atoms. The number of hydrogen-bond donors (Lipinski definition) is 2. The average Bonchev–Trinajstić information content (AvgIpc) is 2.77. The van der Waals surface area contributed by atoms with Crippen LogP contribution in [0.25, 0.3) is 0 Å². The zero-order valence-electron chi connectivity index (χ0n) is 12.0. The van der Waals surface area contributed by atoms with Gasteiger partial charge in [-0.05, 0) is 43.7 Å². The van der Waals surface area contributed by atoms with Crippen LogP contribution in [0.1, 0.15) is 37.8 Å². The van der Waals surface area contributed by atoms with Gasteiger partial charge < -0.3 is 10.6 Å². The molecular formula is C15H23Cl2N3O. The van der Waals surface area contributed by atoms with Crippen LogP contribution in [-0.4, -0.2) is 23.0 Å². The van der Waals surface area contributed by atoms with Gasteiger partial charge in [-0.2, -0.15) is 0 Å². The summed E-state index contributed by atoms with van der Waals surface area (Å²) >= 11 is 0. The van der Waals surface area contributed by atoms with E-state index in [0.29, 0.717) is 31.0 Å². The minimum absolute atomic E-state index is 0. The molecule has 0 aliphatic carbocycles. The van der Waals surface area contributed by atoms with Crippen molar-refractivity contribution in [2.75, 3.05) is 0 Å². The van der Waals surface area contributed by atoms with Crippen LogP contribution in [0.2, 0.25) is 0 Å². The summed E-state index contributed by atoms with van der Waals surface area (Å²) in [6.07, 6.45) is 7.32. The van der Waals surface area contributed by atoms with E-state index >= 15 is 0 Å². The number of hydrogen-bond acceptors (Lipinski definition) is 3. The number of amides is 1. The maximum absolute atomic E-state index is 12.0. The van der Waals surface area contributed by atoms with Gasteiger partial charge in [0.15, 0.2) is 0 Å². The van der Waals surface area contributed by atoms with Crippen LogP contribution >= 0.6 is 24.8 Å². The van der Waals surface area contributed by atoms with Gasteiger partial charge in [-0.15, -0.1) is 24.8 Å². The van der Waals surface area contributed by atoms with Gasteiger partial charge in [0.25, 0.3) is 0 Å². The van der Waals surface area contributed by atoms with Crippen LogP contribution in [-0.2, 0) is 11.3 Å². The fourth-order valence-electron chi connectivity index (χ4n) is 3.37. The summed E-state index contributed by atoms with van der Waals surface area (Å²) in [5.41, 5.74) is 0.918. The van der Waals surface area contributed by atoms with E-state index in [1.165, 1.54) is 12.8 Å². The van der Waals surface area contributed by atoms with Crippen molar-refractivity contribution >= 4 is 30.7 Å². The van der Waals surface area contributed by atoms with Crippen molar-refractivity contribution in [3.63, 3.8) is 0 Å². The lowest BCUT2D eigenvalue weighted by Crippen LogP contribution is -2.39. The Hall–Kier alpha value is -0.840. The Kier molecular flexibility index (Phi) is 7.43. The molecular weight excluding hydrogens is 309 g/mol. The monoisotopic (exact) mass is 331 g/mol. The number of carbonyl (C=O) groups is 1. The van der Waals surface area contributed by atoms with Crippen molar-refractivity contribution < 1.29 is 4.79 Å². The number of rotatable bonds is 4. The quantitative estimate of drug-likeness (QED) is 0.891. The first-order chi connectivity index (χ1) is 9.29. The van der Waals surface area contributed by atoms with Gasteiger partial charge in [-0.1, -0.05) is 6.07 Å². The molecule has 0 aromatic carbocycles. The smallest absolute Gasteiger partial charge is 0.220 e. The maximum atomic E-state index is 12.0. The van der Waals surface area contributed by atoms with E-state index in [2.05, 4.69) is 15.6 Å². The molecule has 1 aromatic rings. The summed E-state index contributed by atoms with van der Waals surface area (Å²) in [4.78, 5) is 16.2. The summed E-state index contributed by atoms with van der Waals surface area (Å²) < 4.78 is 0. The van der Waals surface area contributed by atoms with E-state index in [1.807, 2.05) is 18.2 Å². The minimum atomic E-state index is 0. The Bertz CT molecular complexity index is 432. The molecule has 2 aliphatic heterocycles. The minimum Gasteiger partial charge on any atom is -0.350 e. The normalized spacial score (nSPS) is 26.4. The fraction of sp³-hybridized carbons (Fsp3) is 0.600. The molecule has 0 saturated carbocycles. The third-order valence-electron chi connectivity index (χ3n) is 4.24. The summed E-state index contributed by atoms with van der Waals surface area (Å²) in [5.74, 6) is 0.722. The maximum Gasteiger partial charge on any atom is 0.220 e. The van der Waals surface area contributed by atoms with Gasteiger partial charge in [0.2, 0.25) is 5.91 Å². The van der Waals surface area contributed by atoms with E-state index in [-0.39, 0.29) is 30.7 Å². The lowest BCUT2D eigenvalue weighted by molar-refractivity contribution is -0.122. The Labute approximate surface area is 138 Å². The highest BCUT2D eigenvalue weighted by Crippen LogP contribution is 2.32. The Morgan fingerprint density at radius 2 is 1.95 bits per heavy atom. The zero-order valence-corrected chi connectivity index (χ0v) is 13.6. The van der Waals surface area contributed by atoms with E-state index in [1.54, 1.807) is 6.20 Å². The van der Waals surface area contributed by atoms with E-state index in [0.717, 1.165) is 18.5 Å². The highest BCUT2D eigenvalue weighted by molar-refractivity contribution is 5.85. The molecule has 2 N–H and O–H groups in total. The van der Waals surface area contributed by atoms with E-state index in [9.17, 15) is 4.79 Å². The molecule has 6 heteroatoms. The number of pyridine rings is 1. The molecule has 118 valence electrons. The van der Waals surface area contributed by atoms with Crippen molar-refractivity contribution in [1.82, 2.24) is 15.6 Å². The molecule has 2 unspecified atom stereocenters. The lowest BCUT2D eigenvalue weighted by atomic mass is 9.89. The molecule has 21 heavy (non-hydrogen) atoms. The van der Waals surface area contributed by atoms with Crippen LogP contribution < -0.4 is 10.6 Å². The van der Waals surface area contributed by atoms with Crippen molar-refractivity contribution in [3.05, 3.63) is 30.1 Å². The van der Waals surface area contributed by atoms with Gasteiger partial charge in [-0.25, -0.2) is 0 Å². The third-order valence-corrected chi connectivity index (χ3v) is 4.24. The second-order valence-electron chi connectivity index (χ2n) is 5.78. The first kappa shape index (κ1) is 18.2. The van der Waals surface area contributed by atoms with Gasteiger partial charge >= 0.3 is 0 Å². The predicted molar refractivity (Wildman–Crippen MR) is 87.9 cm³/mol. The van der Waals surface area contributed by atoms with Crippen LogP contribution in [0, 0.1) is 5.92 Å². The summed E-state index contributed by atoms with van der Waals surface area (Å²) in [5, 5.41) is 6.58. The summed E-state index contributed by atoms with van der Waals surface area (Å²) in [6.45, 7) is 0.539. The summed E-state index contributed by atoms with van der Waals surface area (Å²) in [7, 11) is 0. The first-order valence-electron chi connectivity index (χ1n) is 7.22. The molecule has 0 radical (unpaired) electrons. The van der Waals surface area contributed by atoms with Crippen LogP contribution in [0.4, 0.5) is 0 Å². The number of piperidine rings is 1. The van der Waals surface area contributed by atoms with Gasteiger partial charge in [0.1, 0.15) is 0 Å². The molecule has 2 atom stereocenters. The number of aromatic nitrogens is 1. The predicted octanol–water partition coefficient (Wildman–Crippen LogP) is 2.46. The summed E-state index contributed by atoms with van der Waals surface area (Å²) in [6, 6.07) is 7.08. The molecule has 3 heterocycles. The van der Waals surface area contributed by atoms with Crippen molar-refractivity contribution in [3.8, 4) is 0 Å². The van der Waals surface area contributed by atoms with Gasteiger partial charge in [0.05, 0.1) is 12.2 Å². The average molecular weight is 332 g/mol. The van der Waals surface area contributed by atoms with Crippen LogP contribution in [0.3, 0.4) is 0 Å². The molecule has 3 rings (SSSR count). The highest BCUT2D eigenvalue weighted by Gasteiger charge is 2.34. The number of nitrogens with one attached hydrogen (secondary N) is 2.